The van der Waals surface area contributed by atoms with E-state index in [4.69, 9.17) is 0 Å². The first-order valence-corrected chi connectivity index (χ1v) is 5.38. The zero-order valence-corrected chi connectivity index (χ0v) is 8.83. The number of allylic oxidation sites excluding steroid dienone is 1. The lowest BCUT2D eigenvalue weighted by Crippen LogP contribution is -2.13. The highest BCUT2D eigenvalue weighted by Crippen LogP contribution is 2.29. The Kier molecular flexibility index (Phi) is 1.81. The summed E-state index contributed by atoms with van der Waals surface area (Å²) in [5.41, 5.74) is 7.32. The van der Waals surface area contributed by atoms with E-state index in [-0.39, 0.29) is 0 Å². The summed E-state index contributed by atoms with van der Waals surface area (Å²) < 4.78 is 2.20. The van der Waals surface area contributed by atoms with Gasteiger partial charge in [-0.05, 0) is 18.9 Å². The molecule has 0 bridgehead atoms. The average molecular weight is 198 g/mol. The summed E-state index contributed by atoms with van der Waals surface area (Å²) in [5.74, 6) is 0. The molecule has 1 aliphatic rings. The van der Waals surface area contributed by atoms with Crippen molar-refractivity contribution in [3.05, 3.63) is 41.6 Å². The van der Waals surface area contributed by atoms with E-state index >= 15 is 0 Å². The number of rotatable bonds is 1. The maximum absolute atomic E-state index is 3.26. The molecule has 3 rings (SSSR count). The van der Waals surface area contributed by atoms with Gasteiger partial charge in [0.1, 0.15) is 0 Å². The number of nitrogens with one attached hydrogen (secondary N) is 1. The standard InChI is InChI=1S/C13H14N2/c1-14-15-12-8-4-2-6-10(12)11-7-3-5-9-13(11)15/h2-4,6-8,14H,5,9H2,1H3. The third-order valence-electron chi connectivity index (χ3n) is 3.07. The van der Waals surface area contributed by atoms with Gasteiger partial charge in [0, 0.05) is 23.7 Å². The van der Waals surface area contributed by atoms with Crippen LogP contribution in [0.2, 0.25) is 0 Å². The second-order valence-electron chi connectivity index (χ2n) is 3.88. The van der Waals surface area contributed by atoms with Gasteiger partial charge in [-0.1, -0.05) is 30.4 Å². The molecule has 2 aromatic rings. The highest BCUT2D eigenvalue weighted by atomic mass is 15.4. The van der Waals surface area contributed by atoms with Gasteiger partial charge in [-0.3, -0.25) is 4.68 Å². The molecule has 0 saturated heterocycles. The van der Waals surface area contributed by atoms with E-state index in [9.17, 15) is 0 Å². The molecular formula is C13H14N2. The van der Waals surface area contributed by atoms with Crippen LogP contribution in [0.3, 0.4) is 0 Å². The minimum atomic E-state index is 1.13. The average Bonchev–Trinajstić information content (AvgIpc) is 2.63. The van der Waals surface area contributed by atoms with Gasteiger partial charge >= 0.3 is 0 Å². The van der Waals surface area contributed by atoms with Gasteiger partial charge in [0.05, 0.1) is 5.52 Å². The number of aromatic nitrogens is 1. The van der Waals surface area contributed by atoms with E-state index in [0.29, 0.717) is 0 Å². The maximum atomic E-state index is 3.26. The van der Waals surface area contributed by atoms with Crippen molar-refractivity contribution in [2.45, 2.75) is 12.8 Å². The van der Waals surface area contributed by atoms with Crippen molar-refractivity contribution in [2.24, 2.45) is 0 Å². The fraction of sp³-hybridized carbons (Fsp3) is 0.231. The minimum Gasteiger partial charge on any atom is -0.329 e. The third kappa shape index (κ3) is 1.11. The number of nitrogens with zero attached hydrogens (tertiary/aromatic N) is 1. The largest absolute Gasteiger partial charge is 0.329 e. The van der Waals surface area contributed by atoms with Crippen molar-refractivity contribution in [3.8, 4) is 0 Å². The molecule has 0 fully saturated rings. The van der Waals surface area contributed by atoms with Crippen LogP contribution in [0.1, 0.15) is 17.7 Å². The molecule has 2 nitrogen and oxygen atoms in total. The molecule has 1 aromatic heterocycles. The third-order valence-corrected chi connectivity index (χ3v) is 3.07. The van der Waals surface area contributed by atoms with Crippen LogP contribution in [-0.2, 0) is 6.42 Å². The predicted molar refractivity (Wildman–Crippen MR) is 64.6 cm³/mol. The number of hydrogen-bond donors (Lipinski definition) is 1. The van der Waals surface area contributed by atoms with Gasteiger partial charge in [-0.15, -0.1) is 0 Å². The summed E-state index contributed by atoms with van der Waals surface area (Å²) in [6.07, 6.45) is 6.77. The van der Waals surface area contributed by atoms with Gasteiger partial charge in [0.25, 0.3) is 0 Å². The van der Waals surface area contributed by atoms with Crippen molar-refractivity contribution in [2.75, 3.05) is 12.5 Å². The molecule has 1 aliphatic carbocycles. The van der Waals surface area contributed by atoms with Crippen molar-refractivity contribution < 1.29 is 0 Å². The number of para-hydroxylation sites is 1. The molecular weight excluding hydrogens is 184 g/mol. The number of fused-ring (bicyclic) bond motifs is 3. The maximum Gasteiger partial charge on any atom is 0.0701 e. The molecule has 0 spiro atoms. The molecule has 76 valence electrons. The van der Waals surface area contributed by atoms with E-state index in [1.807, 2.05) is 7.05 Å². The first kappa shape index (κ1) is 8.60. The van der Waals surface area contributed by atoms with Crippen LogP contribution < -0.4 is 5.43 Å². The Balaban J connectivity index is 2.43. The Bertz CT molecular complexity index is 535. The molecule has 1 N–H and O–H groups in total. The zero-order chi connectivity index (χ0) is 10.3. The van der Waals surface area contributed by atoms with Crippen LogP contribution >= 0.6 is 0 Å². The second-order valence-corrected chi connectivity index (χ2v) is 3.88. The molecule has 0 atom stereocenters. The highest BCUT2D eigenvalue weighted by Gasteiger charge is 2.15. The van der Waals surface area contributed by atoms with Crippen LogP contribution in [0.15, 0.2) is 30.3 Å². The molecule has 0 amide bonds. The van der Waals surface area contributed by atoms with Crippen LogP contribution in [0.4, 0.5) is 0 Å². The van der Waals surface area contributed by atoms with E-state index in [2.05, 4.69) is 46.5 Å². The Morgan fingerprint density at radius 1 is 1.27 bits per heavy atom. The SMILES string of the molecule is CNn1c2c(c3ccccc31)C=CCC2. The minimum absolute atomic E-state index is 1.13. The Hall–Kier alpha value is -1.70. The molecule has 0 unspecified atom stereocenters. The van der Waals surface area contributed by atoms with Crippen molar-refractivity contribution in [1.29, 1.82) is 0 Å². The quantitative estimate of drug-likeness (QED) is 0.745. The molecule has 2 heteroatoms. The lowest BCUT2D eigenvalue weighted by atomic mass is 10.0. The number of hydrogen-bond acceptors (Lipinski definition) is 1. The van der Waals surface area contributed by atoms with E-state index in [1.54, 1.807) is 0 Å². The van der Waals surface area contributed by atoms with E-state index in [0.717, 1.165) is 12.8 Å². The Morgan fingerprint density at radius 2 is 2.13 bits per heavy atom. The van der Waals surface area contributed by atoms with Crippen LogP contribution in [0.25, 0.3) is 17.0 Å². The topological polar surface area (TPSA) is 17.0 Å². The fourth-order valence-corrected chi connectivity index (χ4v) is 2.43. The smallest absolute Gasteiger partial charge is 0.0701 e. The summed E-state index contributed by atoms with van der Waals surface area (Å²) in [4.78, 5) is 0. The van der Waals surface area contributed by atoms with Crippen molar-refractivity contribution in [3.63, 3.8) is 0 Å². The number of benzene rings is 1. The lowest BCUT2D eigenvalue weighted by molar-refractivity contribution is 0.833. The monoisotopic (exact) mass is 198 g/mol. The van der Waals surface area contributed by atoms with Gasteiger partial charge in [-0.2, -0.15) is 0 Å². The van der Waals surface area contributed by atoms with Crippen LogP contribution in [0, 0.1) is 0 Å². The summed E-state index contributed by atoms with van der Waals surface area (Å²) in [5, 5.41) is 1.35. The van der Waals surface area contributed by atoms with E-state index < -0.39 is 0 Å². The molecule has 1 heterocycles. The van der Waals surface area contributed by atoms with Crippen molar-refractivity contribution >= 4 is 17.0 Å². The summed E-state index contributed by atoms with van der Waals surface area (Å²) >= 11 is 0. The Labute approximate surface area is 89.2 Å². The Morgan fingerprint density at radius 3 is 3.00 bits per heavy atom. The first-order chi connectivity index (χ1) is 7.42. The molecule has 1 aromatic carbocycles. The van der Waals surface area contributed by atoms with Crippen LogP contribution in [0.5, 0.6) is 0 Å². The summed E-state index contributed by atoms with van der Waals surface area (Å²) in [7, 11) is 1.98. The highest BCUT2D eigenvalue weighted by molar-refractivity contribution is 5.92. The summed E-state index contributed by atoms with van der Waals surface area (Å²) in [6, 6.07) is 8.55. The molecule has 0 aliphatic heterocycles. The second kappa shape index (κ2) is 3.16. The molecule has 0 radical (unpaired) electrons. The molecule has 15 heavy (non-hydrogen) atoms. The lowest BCUT2D eigenvalue weighted by Gasteiger charge is -2.11. The normalized spacial score (nSPS) is 14.2. The fourth-order valence-electron chi connectivity index (χ4n) is 2.43. The van der Waals surface area contributed by atoms with Crippen molar-refractivity contribution in [1.82, 2.24) is 4.68 Å². The predicted octanol–water partition coefficient (Wildman–Crippen LogP) is 2.77. The van der Waals surface area contributed by atoms with Gasteiger partial charge in [-0.25, -0.2) is 0 Å². The van der Waals surface area contributed by atoms with Gasteiger partial charge in [0.15, 0.2) is 0 Å². The summed E-state index contributed by atoms with van der Waals surface area (Å²) in [6.45, 7) is 0. The molecule has 0 saturated carbocycles. The first-order valence-electron chi connectivity index (χ1n) is 5.38. The van der Waals surface area contributed by atoms with Gasteiger partial charge < -0.3 is 5.43 Å². The zero-order valence-electron chi connectivity index (χ0n) is 8.83. The van der Waals surface area contributed by atoms with Crippen LogP contribution in [-0.4, -0.2) is 11.7 Å². The van der Waals surface area contributed by atoms with E-state index in [1.165, 1.54) is 22.2 Å². The van der Waals surface area contributed by atoms with Gasteiger partial charge in [0.2, 0.25) is 0 Å².